The molecule has 0 aliphatic heterocycles. The number of halogens is 3. The fourth-order valence-electron chi connectivity index (χ4n) is 1.94. The van der Waals surface area contributed by atoms with Crippen molar-refractivity contribution < 1.29 is 9.53 Å². The van der Waals surface area contributed by atoms with E-state index >= 15 is 0 Å². The van der Waals surface area contributed by atoms with E-state index in [1.54, 1.807) is 11.7 Å². The maximum atomic E-state index is 11.1. The highest BCUT2D eigenvalue weighted by atomic mass is 35.5. The summed E-state index contributed by atoms with van der Waals surface area (Å²) in [6.07, 6.45) is 1.38. The minimum Gasteiger partial charge on any atom is -0.485 e. The highest BCUT2D eigenvalue weighted by Crippen LogP contribution is 2.32. The van der Waals surface area contributed by atoms with Gasteiger partial charge in [-0.1, -0.05) is 41.7 Å². The number of rotatable bonds is 5. The molecule has 0 atom stereocenters. The lowest BCUT2D eigenvalue weighted by Gasteiger charge is -2.11. The molecule has 0 saturated heterocycles. The topological polar surface area (TPSA) is 44.1 Å². The molecule has 1 aromatic carbocycles. The summed E-state index contributed by atoms with van der Waals surface area (Å²) in [6, 6.07) is 3.02. The summed E-state index contributed by atoms with van der Waals surface area (Å²) >= 11 is 18.2. The average molecular weight is 348 g/mol. The number of hydrogen-bond acceptors (Lipinski definition) is 3. The second-order valence-electron chi connectivity index (χ2n) is 4.40. The molecule has 0 spiro atoms. The van der Waals surface area contributed by atoms with Gasteiger partial charge in [-0.3, -0.25) is 9.48 Å². The largest absolute Gasteiger partial charge is 0.485 e. The standard InChI is InChI=1S/C14H13Cl3N2O2/c1-3-11-13(17)12(19(2)18-11)7-21-14-8(6-20)4-9(15)5-10(14)16/h4-6H,3,7H2,1-2H3. The Bertz CT molecular complexity index is 683. The molecule has 4 nitrogen and oxygen atoms in total. The molecule has 0 saturated carbocycles. The van der Waals surface area contributed by atoms with Crippen LogP contribution in [0, 0.1) is 0 Å². The third-order valence-electron chi connectivity index (χ3n) is 3.02. The minimum absolute atomic E-state index is 0.157. The van der Waals surface area contributed by atoms with E-state index in [9.17, 15) is 4.79 Å². The highest BCUT2D eigenvalue weighted by molar-refractivity contribution is 6.36. The van der Waals surface area contributed by atoms with Crippen molar-refractivity contribution in [3.63, 3.8) is 0 Å². The molecule has 112 valence electrons. The van der Waals surface area contributed by atoms with Crippen LogP contribution in [-0.2, 0) is 20.1 Å². The molecule has 2 aromatic rings. The van der Waals surface area contributed by atoms with Gasteiger partial charge in [0.1, 0.15) is 12.4 Å². The summed E-state index contributed by atoms with van der Waals surface area (Å²) < 4.78 is 7.31. The third kappa shape index (κ3) is 3.34. The van der Waals surface area contributed by atoms with Gasteiger partial charge < -0.3 is 4.74 Å². The normalized spacial score (nSPS) is 10.7. The fraction of sp³-hybridized carbons (Fsp3) is 0.286. The Morgan fingerprint density at radius 1 is 1.33 bits per heavy atom. The molecule has 1 aromatic heterocycles. The van der Waals surface area contributed by atoms with Crippen LogP contribution in [0.5, 0.6) is 5.75 Å². The maximum absolute atomic E-state index is 11.1. The SMILES string of the molecule is CCc1nn(C)c(COc2c(Cl)cc(Cl)cc2C=O)c1Cl. The van der Waals surface area contributed by atoms with Gasteiger partial charge in [0.25, 0.3) is 0 Å². The zero-order chi connectivity index (χ0) is 15.6. The van der Waals surface area contributed by atoms with Gasteiger partial charge in [-0.25, -0.2) is 0 Å². The van der Waals surface area contributed by atoms with E-state index in [0.29, 0.717) is 21.9 Å². The molecule has 0 fully saturated rings. The number of carbonyl (C=O) groups is 1. The second-order valence-corrected chi connectivity index (χ2v) is 5.62. The molecular weight excluding hydrogens is 335 g/mol. The number of hydrogen-bond donors (Lipinski definition) is 0. The molecule has 7 heteroatoms. The summed E-state index contributed by atoms with van der Waals surface area (Å²) in [6.45, 7) is 2.13. The van der Waals surface area contributed by atoms with Gasteiger partial charge in [0, 0.05) is 12.1 Å². The molecule has 0 bridgehead atoms. The van der Waals surface area contributed by atoms with Crippen molar-refractivity contribution >= 4 is 41.1 Å². The Labute approximate surface area is 137 Å². The van der Waals surface area contributed by atoms with E-state index in [-0.39, 0.29) is 17.4 Å². The zero-order valence-electron chi connectivity index (χ0n) is 11.5. The van der Waals surface area contributed by atoms with Crippen LogP contribution in [0.4, 0.5) is 0 Å². The van der Waals surface area contributed by atoms with Crippen LogP contribution in [0.1, 0.15) is 28.7 Å². The second kappa shape index (κ2) is 6.69. The molecule has 0 unspecified atom stereocenters. The lowest BCUT2D eigenvalue weighted by molar-refractivity contribution is 0.111. The van der Waals surface area contributed by atoms with Crippen molar-refractivity contribution in [2.45, 2.75) is 20.0 Å². The first kappa shape index (κ1) is 16.1. The Morgan fingerprint density at radius 3 is 2.62 bits per heavy atom. The van der Waals surface area contributed by atoms with Crippen molar-refractivity contribution in [1.29, 1.82) is 0 Å². The van der Waals surface area contributed by atoms with Crippen molar-refractivity contribution in [2.24, 2.45) is 7.05 Å². The van der Waals surface area contributed by atoms with Crippen molar-refractivity contribution in [3.8, 4) is 5.75 Å². The van der Waals surface area contributed by atoms with E-state index < -0.39 is 0 Å². The van der Waals surface area contributed by atoms with E-state index in [2.05, 4.69) is 5.10 Å². The van der Waals surface area contributed by atoms with Gasteiger partial charge in [-0.15, -0.1) is 0 Å². The van der Waals surface area contributed by atoms with Crippen LogP contribution in [-0.4, -0.2) is 16.1 Å². The number of aromatic nitrogens is 2. The quantitative estimate of drug-likeness (QED) is 0.756. The first-order valence-corrected chi connectivity index (χ1v) is 7.38. The van der Waals surface area contributed by atoms with Gasteiger partial charge >= 0.3 is 0 Å². The molecule has 2 rings (SSSR count). The lowest BCUT2D eigenvalue weighted by Crippen LogP contribution is -2.05. The summed E-state index contributed by atoms with van der Waals surface area (Å²) in [4.78, 5) is 11.1. The predicted molar refractivity (Wildman–Crippen MR) is 83.8 cm³/mol. The van der Waals surface area contributed by atoms with Gasteiger partial charge in [0.2, 0.25) is 0 Å². The van der Waals surface area contributed by atoms with Crippen LogP contribution in [0.25, 0.3) is 0 Å². The molecular formula is C14H13Cl3N2O2. The molecule has 1 heterocycles. The van der Waals surface area contributed by atoms with Crippen LogP contribution in [0.15, 0.2) is 12.1 Å². The van der Waals surface area contributed by atoms with Crippen molar-refractivity contribution in [3.05, 3.63) is 44.2 Å². The first-order valence-electron chi connectivity index (χ1n) is 6.25. The van der Waals surface area contributed by atoms with E-state index in [0.717, 1.165) is 17.8 Å². The molecule has 0 amide bonds. The fourth-order valence-corrected chi connectivity index (χ4v) is 2.85. The molecule has 21 heavy (non-hydrogen) atoms. The summed E-state index contributed by atoms with van der Waals surface area (Å²) in [5.74, 6) is 0.284. The van der Waals surface area contributed by atoms with Crippen LogP contribution < -0.4 is 4.74 Å². The summed E-state index contributed by atoms with van der Waals surface area (Å²) in [7, 11) is 1.79. The zero-order valence-corrected chi connectivity index (χ0v) is 13.8. The van der Waals surface area contributed by atoms with E-state index in [1.807, 2.05) is 6.92 Å². The molecule has 0 N–H and O–H groups in total. The van der Waals surface area contributed by atoms with Crippen molar-refractivity contribution in [2.75, 3.05) is 0 Å². The van der Waals surface area contributed by atoms with Crippen LogP contribution >= 0.6 is 34.8 Å². The van der Waals surface area contributed by atoms with Gasteiger partial charge in [-0.05, 0) is 18.6 Å². The van der Waals surface area contributed by atoms with E-state index in [4.69, 9.17) is 39.5 Å². The Hall–Kier alpha value is -1.23. The Balaban J connectivity index is 2.29. The smallest absolute Gasteiger partial charge is 0.153 e. The van der Waals surface area contributed by atoms with Gasteiger partial charge in [0.05, 0.1) is 27.0 Å². The summed E-state index contributed by atoms with van der Waals surface area (Å²) in [5, 5.41) is 5.52. The Kier molecular flexibility index (Phi) is 5.14. The number of ether oxygens (including phenoxy) is 1. The van der Waals surface area contributed by atoms with Gasteiger partial charge in [0.15, 0.2) is 6.29 Å². The van der Waals surface area contributed by atoms with Gasteiger partial charge in [-0.2, -0.15) is 5.10 Å². The average Bonchev–Trinajstić information content (AvgIpc) is 2.72. The first-order chi connectivity index (χ1) is 9.97. The minimum atomic E-state index is 0.157. The number of aryl methyl sites for hydroxylation is 2. The van der Waals surface area contributed by atoms with Crippen LogP contribution in [0.2, 0.25) is 15.1 Å². The monoisotopic (exact) mass is 346 g/mol. The predicted octanol–water partition coefficient (Wildman–Crippen LogP) is 4.33. The lowest BCUT2D eigenvalue weighted by atomic mass is 10.2. The van der Waals surface area contributed by atoms with E-state index in [1.165, 1.54) is 12.1 Å². The number of aldehydes is 1. The van der Waals surface area contributed by atoms with Crippen molar-refractivity contribution in [1.82, 2.24) is 9.78 Å². The molecule has 0 aliphatic carbocycles. The number of carbonyl (C=O) groups excluding carboxylic acids is 1. The molecule has 0 aliphatic rings. The number of benzene rings is 1. The third-order valence-corrected chi connectivity index (χ3v) is 3.96. The summed E-state index contributed by atoms with van der Waals surface area (Å²) in [5.41, 5.74) is 1.81. The molecule has 0 radical (unpaired) electrons. The van der Waals surface area contributed by atoms with Crippen LogP contribution in [0.3, 0.4) is 0 Å². The Morgan fingerprint density at radius 2 is 2.05 bits per heavy atom. The highest BCUT2D eigenvalue weighted by Gasteiger charge is 2.16. The maximum Gasteiger partial charge on any atom is 0.153 e. The number of nitrogens with zero attached hydrogens (tertiary/aromatic N) is 2.